The van der Waals surface area contributed by atoms with Gasteiger partial charge in [-0.2, -0.15) is 4.98 Å². The molecule has 2 heterocycles. The number of amides is 1. The minimum atomic E-state index is -0.304. The lowest BCUT2D eigenvalue weighted by Crippen LogP contribution is -2.20. The van der Waals surface area contributed by atoms with Crippen LogP contribution in [0, 0.1) is 13.8 Å². The summed E-state index contributed by atoms with van der Waals surface area (Å²) in [4.78, 5) is 33.7. The van der Waals surface area contributed by atoms with Crippen LogP contribution in [-0.4, -0.2) is 26.2 Å². The monoisotopic (exact) mass is 410 g/mol. The molecule has 152 valence electrons. The molecule has 2 aromatic heterocycles. The minimum absolute atomic E-state index is 0.141. The molecule has 29 heavy (non-hydrogen) atoms. The minimum Gasteiger partial charge on any atom is -0.325 e. The number of carbonyl (C=O) groups excluding carboxylic acids is 1. The number of carbonyl (C=O) groups is 1. The molecule has 3 aromatic rings. The third kappa shape index (κ3) is 4.67. The van der Waals surface area contributed by atoms with Gasteiger partial charge in [0, 0.05) is 17.9 Å². The molecular weight excluding hydrogens is 384 g/mol. The van der Waals surface area contributed by atoms with E-state index in [-0.39, 0.29) is 17.2 Å². The molecule has 0 fully saturated rings. The zero-order valence-electron chi connectivity index (χ0n) is 17.4. The third-order valence-electron chi connectivity index (χ3n) is 4.73. The summed E-state index contributed by atoms with van der Waals surface area (Å²) in [5, 5.41) is 3.94. The largest absolute Gasteiger partial charge is 0.325 e. The normalized spacial score (nSPS) is 11.2. The van der Waals surface area contributed by atoms with Crippen LogP contribution in [0.15, 0.2) is 40.3 Å². The van der Waals surface area contributed by atoms with Crippen LogP contribution in [0.1, 0.15) is 43.5 Å². The van der Waals surface area contributed by atoms with Crippen molar-refractivity contribution in [2.24, 2.45) is 0 Å². The first kappa shape index (κ1) is 21.0. The first-order chi connectivity index (χ1) is 13.8. The van der Waals surface area contributed by atoms with Gasteiger partial charge in [-0.3, -0.25) is 9.59 Å². The van der Waals surface area contributed by atoms with E-state index in [0.29, 0.717) is 28.7 Å². The number of hydrogen-bond acceptors (Lipinski definition) is 5. The van der Waals surface area contributed by atoms with Crippen molar-refractivity contribution in [3.8, 4) is 0 Å². The lowest BCUT2D eigenvalue weighted by Gasteiger charge is -2.14. The Hall–Kier alpha value is -2.67. The van der Waals surface area contributed by atoms with Crippen molar-refractivity contribution in [3.63, 3.8) is 0 Å². The van der Waals surface area contributed by atoms with Gasteiger partial charge in [0.25, 0.3) is 5.56 Å². The summed E-state index contributed by atoms with van der Waals surface area (Å²) < 4.78 is 1.89. The Balaban J connectivity index is 1.79. The molecule has 1 N–H and O–H groups in total. The highest BCUT2D eigenvalue weighted by Gasteiger charge is 2.15. The van der Waals surface area contributed by atoms with E-state index in [4.69, 9.17) is 0 Å². The van der Waals surface area contributed by atoms with E-state index >= 15 is 0 Å². The highest BCUT2D eigenvalue weighted by Crippen LogP contribution is 2.22. The molecule has 0 aliphatic heterocycles. The van der Waals surface area contributed by atoms with Crippen LogP contribution in [0.2, 0.25) is 0 Å². The van der Waals surface area contributed by atoms with Gasteiger partial charge in [-0.15, -0.1) is 0 Å². The van der Waals surface area contributed by atoms with Gasteiger partial charge in [0.2, 0.25) is 5.91 Å². The molecule has 0 aliphatic carbocycles. The number of aromatic nitrogens is 3. The Morgan fingerprint density at radius 2 is 1.86 bits per heavy atom. The lowest BCUT2D eigenvalue weighted by molar-refractivity contribution is -0.113. The van der Waals surface area contributed by atoms with Crippen molar-refractivity contribution in [1.29, 1.82) is 0 Å². The van der Waals surface area contributed by atoms with E-state index in [1.54, 1.807) is 0 Å². The predicted molar refractivity (Wildman–Crippen MR) is 119 cm³/mol. The first-order valence-corrected chi connectivity index (χ1v) is 10.7. The SMILES string of the molecule is CCn1c(SCC(=O)Nc2ccc(C(C)C)cc2)nc(=O)c2c(C)cc(C)nc21. The molecule has 3 rings (SSSR count). The summed E-state index contributed by atoms with van der Waals surface area (Å²) in [5.74, 6) is 0.466. The quantitative estimate of drug-likeness (QED) is 0.485. The highest BCUT2D eigenvalue weighted by atomic mass is 32.2. The van der Waals surface area contributed by atoms with Crippen LogP contribution in [0.4, 0.5) is 5.69 Å². The van der Waals surface area contributed by atoms with E-state index in [2.05, 4.69) is 29.1 Å². The van der Waals surface area contributed by atoms with E-state index in [1.807, 2.05) is 55.7 Å². The molecule has 0 saturated carbocycles. The second-order valence-corrected chi connectivity index (χ2v) is 8.28. The van der Waals surface area contributed by atoms with Crippen molar-refractivity contribution in [1.82, 2.24) is 14.5 Å². The lowest BCUT2D eigenvalue weighted by atomic mass is 10.0. The van der Waals surface area contributed by atoms with Crippen molar-refractivity contribution >= 4 is 34.4 Å². The first-order valence-electron chi connectivity index (χ1n) is 9.71. The van der Waals surface area contributed by atoms with Gasteiger partial charge in [0.15, 0.2) is 5.16 Å². The van der Waals surface area contributed by atoms with E-state index < -0.39 is 0 Å². The number of nitrogens with one attached hydrogen (secondary N) is 1. The van der Waals surface area contributed by atoms with Crippen LogP contribution in [0.5, 0.6) is 0 Å². The maximum Gasteiger partial charge on any atom is 0.283 e. The predicted octanol–water partition coefficient (Wildman–Crippen LogP) is 4.28. The molecule has 0 atom stereocenters. The highest BCUT2D eigenvalue weighted by molar-refractivity contribution is 7.99. The molecule has 0 saturated heterocycles. The Morgan fingerprint density at radius 1 is 1.17 bits per heavy atom. The Bertz CT molecular complexity index is 1100. The Labute approximate surface area is 174 Å². The molecule has 6 nitrogen and oxygen atoms in total. The van der Waals surface area contributed by atoms with Gasteiger partial charge >= 0.3 is 0 Å². The number of aryl methyl sites for hydroxylation is 3. The molecule has 0 radical (unpaired) electrons. The number of thioether (sulfide) groups is 1. The summed E-state index contributed by atoms with van der Waals surface area (Å²) >= 11 is 1.25. The Kier molecular flexibility index (Phi) is 6.37. The summed E-state index contributed by atoms with van der Waals surface area (Å²) in [6.07, 6.45) is 0. The number of pyridine rings is 1. The molecule has 1 amide bonds. The number of rotatable bonds is 6. The molecular formula is C22H26N4O2S. The molecule has 0 unspecified atom stereocenters. The zero-order chi connectivity index (χ0) is 21.1. The fourth-order valence-electron chi connectivity index (χ4n) is 3.24. The van der Waals surface area contributed by atoms with Gasteiger partial charge in [-0.25, -0.2) is 4.98 Å². The number of nitrogens with zero attached hydrogens (tertiary/aromatic N) is 3. The van der Waals surface area contributed by atoms with Gasteiger partial charge in [-0.05, 0) is 56.0 Å². The van der Waals surface area contributed by atoms with Crippen molar-refractivity contribution in [2.45, 2.75) is 52.2 Å². The van der Waals surface area contributed by atoms with Crippen LogP contribution in [0.3, 0.4) is 0 Å². The van der Waals surface area contributed by atoms with Crippen molar-refractivity contribution < 1.29 is 4.79 Å². The number of benzene rings is 1. The van der Waals surface area contributed by atoms with Crippen LogP contribution in [-0.2, 0) is 11.3 Å². The average Bonchev–Trinajstić information content (AvgIpc) is 2.66. The molecule has 0 spiro atoms. The van der Waals surface area contributed by atoms with E-state index in [0.717, 1.165) is 16.9 Å². The van der Waals surface area contributed by atoms with Gasteiger partial charge in [-0.1, -0.05) is 37.7 Å². The second-order valence-electron chi connectivity index (χ2n) is 7.34. The van der Waals surface area contributed by atoms with Crippen LogP contribution in [0.25, 0.3) is 11.0 Å². The molecule has 7 heteroatoms. The number of fused-ring (bicyclic) bond motifs is 1. The Morgan fingerprint density at radius 3 is 2.48 bits per heavy atom. The van der Waals surface area contributed by atoms with Gasteiger partial charge in [0.05, 0.1) is 11.1 Å². The maximum atomic E-state index is 12.5. The summed E-state index contributed by atoms with van der Waals surface area (Å²) in [5.41, 5.74) is 4.02. The fraction of sp³-hybridized carbons (Fsp3) is 0.364. The van der Waals surface area contributed by atoms with Gasteiger partial charge in [0.1, 0.15) is 5.65 Å². The average molecular weight is 411 g/mol. The summed E-state index contributed by atoms with van der Waals surface area (Å²) in [6.45, 7) is 10.6. The topological polar surface area (TPSA) is 76.9 Å². The zero-order valence-corrected chi connectivity index (χ0v) is 18.3. The number of anilines is 1. The van der Waals surface area contributed by atoms with Crippen molar-refractivity contribution in [3.05, 3.63) is 57.5 Å². The summed E-state index contributed by atoms with van der Waals surface area (Å²) in [7, 11) is 0. The molecule has 0 aliphatic rings. The molecule has 1 aromatic carbocycles. The second kappa shape index (κ2) is 8.78. The number of hydrogen-bond donors (Lipinski definition) is 1. The maximum absolute atomic E-state index is 12.5. The fourth-order valence-corrected chi connectivity index (χ4v) is 4.10. The third-order valence-corrected chi connectivity index (χ3v) is 5.71. The summed E-state index contributed by atoms with van der Waals surface area (Å²) in [6, 6.07) is 9.73. The van der Waals surface area contributed by atoms with E-state index in [9.17, 15) is 9.59 Å². The van der Waals surface area contributed by atoms with Crippen LogP contribution < -0.4 is 10.9 Å². The van der Waals surface area contributed by atoms with Crippen molar-refractivity contribution in [2.75, 3.05) is 11.1 Å². The van der Waals surface area contributed by atoms with Crippen LogP contribution >= 0.6 is 11.8 Å². The van der Waals surface area contributed by atoms with E-state index in [1.165, 1.54) is 17.3 Å². The van der Waals surface area contributed by atoms with Gasteiger partial charge < -0.3 is 9.88 Å². The molecule has 0 bridgehead atoms. The standard InChI is InChI=1S/C22H26N4O2S/c1-6-26-20-19(14(4)11-15(5)23-20)21(28)25-22(26)29-12-18(27)24-17-9-7-16(8-10-17)13(2)3/h7-11,13H,6,12H2,1-5H3,(H,24,27). The smallest absolute Gasteiger partial charge is 0.283 e.